The maximum absolute atomic E-state index is 13.0. The number of nitrogens with one attached hydrogen (secondary N) is 2. The molecule has 1 aliphatic rings. The Bertz CT molecular complexity index is 456. The minimum absolute atomic E-state index is 0.107. The first-order chi connectivity index (χ1) is 9.63. The van der Waals surface area contributed by atoms with Crippen molar-refractivity contribution in [2.24, 2.45) is 0 Å². The van der Waals surface area contributed by atoms with Gasteiger partial charge in [-0.1, -0.05) is 6.07 Å². The zero-order chi connectivity index (χ0) is 14.4. The highest BCUT2D eigenvalue weighted by Crippen LogP contribution is 2.08. The first-order valence-corrected chi connectivity index (χ1v) is 6.70. The van der Waals surface area contributed by atoms with Crippen molar-refractivity contribution in [2.45, 2.75) is 6.10 Å². The lowest BCUT2D eigenvalue weighted by molar-refractivity contribution is -0.115. The predicted octanol–water partition coefficient (Wildman–Crippen LogP) is 0.684. The summed E-state index contributed by atoms with van der Waals surface area (Å²) in [6.07, 6.45) is 0.107. The molecule has 1 heterocycles. The average molecular weight is 281 g/mol. The quantitative estimate of drug-likeness (QED) is 0.833. The second-order valence-electron chi connectivity index (χ2n) is 4.94. The molecule has 2 rings (SSSR count). The summed E-state index contributed by atoms with van der Waals surface area (Å²) < 4.78 is 18.5. The summed E-state index contributed by atoms with van der Waals surface area (Å²) in [7, 11) is 2.05. The number of anilines is 1. The maximum Gasteiger partial charge on any atom is 0.238 e. The van der Waals surface area contributed by atoms with Gasteiger partial charge in [-0.2, -0.15) is 0 Å². The number of morpholine rings is 1. The highest BCUT2D eigenvalue weighted by molar-refractivity contribution is 5.92. The first-order valence-electron chi connectivity index (χ1n) is 6.70. The SMILES string of the molecule is CN1CCOC(CNCC(=O)Nc2cccc(F)c2)C1. The molecule has 2 N–H and O–H groups in total. The van der Waals surface area contributed by atoms with Gasteiger partial charge in [0.05, 0.1) is 19.3 Å². The van der Waals surface area contributed by atoms with E-state index in [2.05, 4.69) is 15.5 Å². The van der Waals surface area contributed by atoms with Crippen LogP contribution in [0.3, 0.4) is 0 Å². The molecule has 1 amide bonds. The highest BCUT2D eigenvalue weighted by atomic mass is 19.1. The van der Waals surface area contributed by atoms with Crippen molar-refractivity contribution < 1.29 is 13.9 Å². The Balaban J connectivity index is 1.67. The Kier molecular flexibility index (Phi) is 5.46. The van der Waals surface area contributed by atoms with Crippen LogP contribution in [0.25, 0.3) is 0 Å². The molecule has 0 aromatic heterocycles. The third-order valence-electron chi connectivity index (χ3n) is 3.11. The third kappa shape index (κ3) is 4.88. The van der Waals surface area contributed by atoms with E-state index in [0.717, 1.165) is 19.7 Å². The molecule has 0 bridgehead atoms. The van der Waals surface area contributed by atoms with E-state index in [-0.39, 0.29) is 24.4 Å². The number of carbonyl (C=O) groups is 1. The van der Waals surface area contributed by atoms with Gasteiger partial charge in [-0.15, -0.1) is 0 Å². The number of hydrogen-bond donors (Lipinski definition) is 2. The van der Waals surface area contributed by atoms with Crippen molar-refractivity contribution >= 4 is 11.6 Å². The van der Waals surface area contributed by atoms with Gasteiger partial charge in [0.15, 0.2) is 0 Å². The third-order valence-corrected chi connectivity index (χ3v) is 3.11. The average Bonchev–Trinajstić information content (AvgIpc) is 2.38. The molecule has 1 saturated heterocycles. The lowest BCUT2D eigenvalue weighted by Gasteiger charge is -2.30. The van der Waals surface area contributed by atoms with Gasteiger partial charge >= 0.3 is 0 Å². The fourth-order valence-electron chi connectivity index (χ4n) is 2.11. The highest BCUT2D eigenvalue weighted by Gasteiger charge is 2.17. The van der Waals surface area contributed by atoms with Gasteiger partial charge in [0.25, 0.3) is 0 Å². The molecule has 1 unspecified atom stereocenters. The molecular weight excluding hydrogens is 261 g/mol. The van der Waals surface area contributed by atoms with Crippen LogP contribution in [-0.2, 0) is 9.53 Å². The second kappa shape index (κ2) is 7.33. The molecule has 0 radical (unpaired) electrons. The molecule has 1 aromatic carbocycles. The molecule has 1 atom stereocenters. The number of halogens is 1. The van der Waals surface area contributed by atoms with Crippen LogP contribution in [0.5, 0.6) is 0 Å². The van der Waals surface area contributed by atoms with E-state index in [1.807, 2.05) is 7.05 Å². The Morgan fingerprint density at radius 3 is 3.15 bits per heavy atom. The molecule has 0 saturated carbocycles. The number of ether oxygens (including phenoxy) is 1. The molecular formula is C14H20FN3O2. The van der Waals surface area contributed by atoms with Crippen LogP contribution in [-0.4, -0.2) is 56.7 Å². The van der Waals surface area contributed by atoms with Crippen LogP contribution in [0.1, 0.15) is 0 Å². The van der Waals surface area contributed by atoms with Crippen LogP contribution in [0.4, 0.5) is 10.1 Å². The Morgan fingerprint density at radius 2 is 2.40 bits per heavy atom. The van der Waals surface area contributed by atoms with Crippen molar-refractivity contribution in [1.29, 1.82) is 0 Å². The summed E-state index contributed by atoms with van der Waals surface area (Å²) in [5.41, 5.74) is 0.463. The molecule has 5 nitrogen and oxygen atoms in total. The standard InChI is InChI=1S/C14H20FN3O2/c1-18-5-6-20-13(10-18)8-16-9-14(19)17-12-4-2-3-11(15)7-12/h2-4,7,13,16H,5-6,8-10H2,1H3,(H,17,19). The van der Waals surface area contributed by atoms with Crippen LogP contribution in [0, 0.1) is 5.82 Å². The summed E-state index contributed by atoms with van der Waals surface area (Å²) in [4.78, 5) is 13.9. The van der Waals surface area contributed by atoms with E-state index in [9.17, 15) is 9.18 Å². The molecule has 6 heteroatoms. The van der Waals surface area contributed by atoms with Gasteiger partial charge in [0, 0.05) is 25.3 Å². The maximum atomic E-state index is 13.0. The second-order valence-corrected chi connectivity index (χ2v) is 4.94. The fourth-order valence-corrected chi connectivity index (χ4v) is 2.11. The minimum atomic E-state index is -0.366. The largest absolute Gasteiger partial charge is 0.374 e. The number of nitrogens with zero attached hydrogens (tertiary/aromatic N) is 1. The number of carbonyl (C=O) groups excluding carboxylic acids is 1. The molecule has 20 heavy (non-hydrogen) atoms. The van der Waals surface area contributed by atoms with E-state index in [1.165, 1.54) is 12.1 Å². The number of likely N-dealkylation sites (N-methyl/N-ethyl adjacent to an activating group) is 1. The van der Waals surface area contributed by atoms with Crippen molar-refractivity contribution in [3.8, 4) is 0 Å². The topological polar surface area (TPSA) is 53.6 Å². The molecule has 0 spiro atoms. The Morgan fingerprint density at radius 1 is 1.55 bits per heavy atom. The van der Waals surface area contributed by atoms with Crippen molar-refractivity contribution in [2.75, 3.05) is 45.2 Å². The van der Waals surface area contributed by atoms with Gasteiger partial charge in [-0.3, -0.25) is 4.79 Å². The van der Waals surface area contributed by atoms with Gasteiger partial charge in [-0.05, 0) is 25.2 Å². The van der Waals surface area contributed by atoms with Gasteiger partial charge in [-0.25, -0.2) is 4.39 Å². The zero-order valence-electron chi connectivity index (χ0n) is 11.6. The molecule has 1 aromatic rings. The summed E-state index contributed by atoms with van der Waals surface area (Å²) in [6, 6.07) is 5.84. The summed E-state index contributed by atoms with van der Waals surface area (Å²) in [6.45, 7) is 3.33. The van der Waals surface area contributed by atoms with Gasteiger partial charge < -0.3 is 20.3 Å². The Hall–Kier alpha value is -1.50. The summed E-state index contributed by atoms with van der Waals surface area (Å²) in [5, 5.41) is 5.69. The smallest absolute Gasteiger partial charge is 0.238 e. The zero-order valence-corrected chi connectivity index (χ0v) is 11.6. The van der Waals surface area contributed by atoms with Crippen LogP contribution in [0.15, 0.2) is 24.3 Å². The predicted molar refractivity (Wildman–Crippen MR) is 75.1 cm³/mol. The van der Waals surface area contributed by atoms with Crippen LogP contribution < -0.4 is 10.6 Å². The minimum Gasteiger partial charge on any atom is -0.374 e. The van der Waals surface area contributed by atoms with Gasteiger partial charge in [0.1, 0.15) is 5.82 Å². The van der Waals surface area contributed by atoms with Crippen molar-refractivity contribution in [3.63, 3.8) is 0 Å². The number of rotatable bonds is 5. The van der Waals surface area contributed by atoms with E-state index in [0.29, 0.717) is 12.2 Å². The lowest BCUT2D eigenvalue weighted by Crippen LogP contribution is -2.45. The molecule has 1 fully saturated rings. The van der Waals surface area contributed by atoms with Crippen LogP contribution >= 0.6 is 0 Å². The van der Waals surface area contributed by atoms with Gasteiger partial charge in [0.2, 0.25) is 5.91 Å². The number of benzene rings is 1. The summed E-state index contributed by atoms with van der Waals surface area (Å²) in [5.74, 6) is -0.561. The van der Waals surface area contributed by atoms with Crippen molar-refractivity contribution in [3.05, 3.63) is 30.1 Å². The number of amides is 1. The van der Waals surface area contributed by atoms with E-state index < -0.39 is 0 Å². The molecule has 110 valence electrons. The lowest BCUT2D eigenvalue weighted by atomic mass is 10.3. The fraction of sp³-hybridized carbons (Fsp3) is 0.500. The van der Waals surface area contributed by atoms with E-state index >= 15 is 0 Å². The van der Waals surface area contributed by atoms with E-state index in [4.69, 9.17) is 4.74 Å². The van der Waals surface area contributed by atoms with Crippen molar-refractivity contribution in [1.82, 2.24) is 10.2 Å². The Labute approximate surface area is 118 Å². The monoisotopic (exact) mass is 281 g/mol. The summed E-state index contributed by atoms with van der Waals surface area (Å²) >= 11 is 0. The normalized spacial score (nSPS) is 19.8. The first kappa shape index (κ1) is 14.9. The number of hydrogen-bond acceptors (Lipinski definition) is 4. The van der Waals surface area contributed by atoms with Crippen LogP contribution in [0.2, 0.25) is 0 Å². The van der Waals surface area contributed by atoms with E-state index in [1.54, 1.807) is 12.1 Å². The molecule has 0 aliphatic carbocycles. The molecule has 1 aliphatic heterocycles.